The molecule has 0 bridgehead atoms. The molecule has 0 aliphatic heterocycles. The van der Waals surface area contributed by atoms with Crippen LogP contribution in [0.3, 0.4) is 0 Å². The Morgan fingerprint density at radius 3 is 2.35 bits per heavy atom. The van der Waals surface area contributed by atoms with E-state index in [-0.39, 0.29) is 12.6 Å². The van der Waals surface area contributed by atoms with Crippen molar-refractivity contribution in [3.8, 4) is 0 Å². The molecule has 0 aromatic carbocycles. The second-order valence-corrected chi connectivity index (χ2v) is 6.78. The Bertz CT molecular complexity index is 227. The van der Waals surface area contributed by atoms with E-state index in [4.69, 9.17) is 0 Å². The maximum Gasteiger partial charge on any atom is 0.0585 e. The van der Waals surface area contributed by atoms with Gasteiger partial charge in [-0.05, 0) is 57.7 Å². The van der Waals surface area contributed by atoms with Gasteiger partial charge in [-0.25, -0.2) is 0 Å². The minimum atomic E-state index is 0.267. The van der Waals surface area contributed by atoms with Crippen molar-refractivity contribution in [2.45, 2.75) is 77.8 Å². The van der Waals surface area contributed by atoms with Gasteiger partial charge in [-0.2, -0.15) is 0 Å². The fourth-order valence-electron chi connectivity index (χ4n) is 3.10. The zero-order valence-electron chi connectivity index (χ0n) is 13.9. The van der Waals surface area contributed by atoms with Crippen molar-refractivity contribution in [1.29, 1.82) is 0 Å². The Morgan fingerprint density at radius 1 is 1.15 bits per heavy atom. The third-order valence-electron chi connectivity index (χ3n) is 4.50. The highest BCUT2D eigenvalue weighted by atomic mass is 16.3. The largest absolute Gasteiger partial charge is 0.395 e. The molecule has 1 fully saturated rings. The van der Waals surface area contributed by atoms with Crippen LogP contribution in [0.2, 0.25) is 0 Å². The molecule has 1 atom stereocenters. The molecule has 1 aliphatic carbocycles. The van der Waals surface area contributed by atoms with E-state index in [9.17, 15) is 5.11 Å². The van der Waals surface area contributed by atoms with E-state index >= 15 is 0 Å². The highest BCUT2D eigenvalue weighted by Gasteiger charge is 2.23. The lowest BCUT2D eigenvalue weighted by Gasteiger charge is -2.31. The molecule has 0 radical (unpaired) electrons. The van der Waals surface area contributed by atoms with E-state index in [1.807, 2.05) is 0 Å². The van der Waals surface area contributed by atoms with Crippen LogP contribution >= 0.6 is 0 Å². The van der Waals surface area contributed by atoms with Crippen molar-refractivity contribution in [3.63, 3.8) is 0 Å². The summed E-state index contributed by atoms with van der Waals surface area (Å²) in [5.74, 6) is 0.783. The van der Waals surface area contributed by atoms with Gasteiger partial charge in [-0.15, -0.1) is 0 Å². The summed E-state index contributed by atoms with van der Waals surface area (Å²) in [5.41, 5.74) is 0. The van der Waals surface area contributed by atoms with E-state index < -0.39 is 0 Å². The number of nitrogens with one attached hydrogen (secondary N) is 1. The number of rotatable bonds is 11. The van der Waals surface area contributed by atoms with Gasteiger partial charge in [0, 0.05) is 12.1 Å². The normalized spacial score (nSPS) is 18.3. The molecular weight excluding hydrogens is 248 g/mol. The lowest BCUT2D eigenvalue weighted by Crippen LogP contribution is -2.41. The molecule has 0 aromatic rings. The van der Waals surface area contributed by atoms with Crippen molar-refractivity contribution in [3.05, 3.63) is 0 Å². The molecule has 1 aliphatic rings. The molecular formula is C17H36N2O. The van der Waals surface area contributed by atoms with Crippen LogP contribution in [-0.2, 0) is 0 Å². The van der Waals surface area contributed by atoms with Gasteiger partial charge < -0.3 is 15.3 Å². The van der Waals surface area contributed by atoms with Gasteiger partial charge >= 0.3 is 0 Å². The maximum absolute atomic E-state index is 9.47. The van der Waals surface area contributed by atoms with Gasteiger partial charge in [-0.3, -0.25) is 0 Å². The smallest absolute Gasteiger partial charge is 0.0585 e. The zero-order chi connectivity index (χ0) is 14.8. The molecule has 20 heavy (non-hydrogen) atoms. The first-order valence-corrected chi connectivity index (χ1v) is 8.75. The van der Waals surface area contributed by atoms with Crippen LogP contribution < -0.4 is 5.32 Å². The highest BCUT2D eigenvalue weighted by molar-refractivity contribution is 4.79. The van der Waals surface area contributed by atoms with E-state index in [2.05, 4.69) is 31.0 Å². The van der Waals surface area contributed by atoms with Gasteiger partial charge in [-0.1, -0.05) is 33.6 Å². The van der Waals surface area contributed by atoms with Crippen molar-refractivity contribution in [2.24, 2.45) is 5.92 Å². The van der Waals surface area contributed by atoms with Crippen molar-refractivity contribution in [2.75, 3.05) is 26.2 Å². The summed E-state index contributed by atoms with van der Waals surface area (Å²) in [6, 6.07) is 1.08. The van der Waals surface area contributed by atoms with Gasteiger partial charge in [0.05, 0.1) is 6.61 Å². The molecule has 3 nitrogen and oxygen atoms in total. The van der Waals surface area contributed by atoms with Gasteiger partial charge in [0.2, 0.25) is 0 Å². The molecule has 0 saturated heterocycles. The molecule has 0 aromatic heterocycles. The van der Waals surface area contributed by atoms with Crippen LogP contribution in [0.1, 0.15) is 65.7 Å². The Morgan fingerprint density at radius 2 is 1.80 bits per heavy atom. The Balaban J connectivity index is 2.37. The average molecular weight is 284 g/mol. The summed E-state index contributed by atoms with van der Waals surface area (Å²) in [6.45, 7) is 10.4. The van der Waals surface area contributed by atoms with Gasteiger partial charge in [0.15, 0.2) is 0 Å². The van der Waals surface area contributed by atoms with E-state index in [0.717, 1.165) is 37.9 Å². The Kier molecular flexibility index (Phi) is 9.49. The molecule has 0 amide bonds. The quantitative estimate of drug-likeness (QED) is 0.612. The number of aliphatic hydroxyl groups excluding tert-OH is 1. The summed E-state index contributed by atoms with van der Waals surface area (Å²) < 4.78 is 0. The number of aliphatic hydroxyl groups is 1. The van der Waals surface area contributed by atoms with Crippen LogP contribution in [0.5, 0.6) is 0 Å². The first-order chi connectivity index (χ1) is 9.67. The summed E-state index contributed by atoms with van der Waals surface area (Å²) in [6.07, 6.45) is 9.07. The maximum atomic E-state index is 9.47. The van der Waals surface area contributed by atoms with Crippen LogP contribution in [0.4, 0.5) is 0 Å². The minimum Gasteiger partial charge on any atom is -0.395 e. The first-order valence-electron chi connectivity index (χ1n) is 8.75. The lowest BCUT2D eigenvalue weighted by atomic mass is 10.1. The Hall–Kier alpha value is -0.120. The fourth-order valence-corrected chi connectivity index (χ4v) is 3.10. The van der Waals surface area contributed by atoms with Crippen molar-refractivity contribution in [1.82, 2.24) is 10.2 Å². The van der Waals surface area contributed by atoms with Crippen molar-refractivity contribution < 1.29 is 5.11 Å². The second-order valence-electron chi connectivity index (χ2n) is 6.78. The van der Waals surface area contributed by atoms with E-state index in [1.54, 1.807) is 0 Å². The number of hydrogen-bond acceptors (Lipinski definition) is 3. The summed E-state index contributed by atoms with van der Waals surface area (Å²) in [4.78, 5) is 2.70. The zero-order valence-corrected chi connectivity index (χ0v) is 13.9. The molecule has 0 spiro atoms. The third kappa shape index (κ3) is 7.05. The SMILES string of the molecule is CCCNC(CO)CCN(CCC(C)C)C1CCCC1. The fraction of sp³-hybridized carbons (Fsp3) is 1.00. The summed E-state index contributed by atoms with van der Waals surface area (Å²) in [7, 11) is 0. The average Bonchev–Trinajstić information content (AvgIpc) is 2.95. The predicted octanol–water partition coefficient (Wildman–Crippen LogP) is 3.03. The molecule has 120 valence electrons. The lowest BCUT2D eigenvalue weighted by molar-refractivity contribution is 0.163. The van der Waals surface area contributed by atoms with Crippen LogP contribution in [0, 0.1) is 5.92 Å². The third-order valence-corrected chi connectivity index (χ3v) is 4.50. The van der Waals surface area contributed by atoms with Crippen molar-refractivity contribution >= 4 is 0 Å². The first kappa shape index (κ1) is 17.9. The van der Waals surface area contributed by atoms with E-state index in [1.165, 1.54) is 38.6 Å². The van der Waals surface area contributed by atoms with E-state index in [0.29, 0.717) is 0 Å². The molecule has 1 saturated carbocycles. The monoisotopic (exact) mass is 284 g/mol. The van der Waals surface area contributed by atoms with Crippen LogP contribution in [0.25, 0.3) is 0 Å². The standard InChI is InChI=1S/C17H36N2O/c1-4-11-18-16(14-20)10-13-19(12-9-15(2)3)17-7-5-6-8-17/h15-18,20H,4-14H2,1-3H3. The Labute approximate surface area is 126 Å². The highest BCUT2D eigenvalue weighted by Crippen LogP contribution is 2.24. The minimum absolute atomic E-state index is 0.267. The topological polar surface area (TPSA) is 35.5 Å². The number of nitrogens with zero attached hydrogens (tertiary/aromatic N) is 1. The predicted molar refractivity (Wildman–Crippen MR) is 87.1 cm³/mol. The molecule has 2 N–H and O–H groups in total. The summed E-state index contributed by atoms with van der Waals surface area (Å²) in [5, 5.41) is 12.9. The second kappa shape index (κ2) is 10.6. The molecule has 3 heteroatoms. The molecule has 1 unspecified atom stereocenters. The molecule has 0 heterocycles. The summed E-state index contributed by atoms with van der Waals surface area (Å²) >= 11 is 0. The molecule has 1 rings (SSSR count). The van der Waals surface area contributed by atoms with Crippen LogP contribution in [-0.4, -0.2) is 48.3 Å². The van der Waals surface area contributed by atoms with Crippen LogP contribution in [0.15, 0.2) is 0 Å². The number of hydrogen-bond donors (Lipinski definition) is 2. The van der Waals surface area contributed by atoms with Gasteiger partial charge in [0.25, 0.3) is 0 Å². The van der Waals surface area contributed by atoms with Gasteiger partial charge in [0.1, 0.15) is 0 Å².